The maximum Gasteiger partial charge on any atom is 0.197 e. The highest BCUT2D eigenvalue weighted by Gasteiger charge is 2.35. The van der Waals surface area contributed by atoms with Crippen LogP contribution in [0.3, 0.4) is 0 Å². The van der Waals surface area contributed by atoms with Crippen LogP contribution in [0.2, 0.25) is 0 Å². The largest absolute Gasteiger partial charge is 0.298 e. The first-order valence-corrected chi connectivity index (χ1v) is 7.35. The van der Waals surface area contributed by atoms with Crippen LogP contribution in [0.4, 0.5) is 0 Å². The average molecular weight is 244 g/mol. The van der Waals surface area contributed by atoms with Gasteiger partial charge in [0.05, 0.1) is 0 Å². The van der Waals surface area contributed by atoms with Gasteiger partial charge in [0.25, 0.3) is 0 Å². The second-order valence-electron chi connectivity index (χ2n) is 3.68. The Balaban J connectivity index is 2.33. The van der Waals surface area contributed by atoms with E-state index in [1.807, 2.05) is 0 Å². The van der Waals surface area contributed by atoms with Crippen molar-refractivity contribution in [2.24, 2.45) is 0 Å². The van der Waals surface area contributed by atoms with Crippen LogP contribution < -0.4 is 0 Å². The molecule has 82 valence electrons. The summed E-state index contributed by atoms with van der Waals surface area (Å²) in [6.45, 7) is 0. The van der Waals surface area contributed by atoms with Crippen LogP contribution in [0.15, 0.2) is 21.7 Å². The maximum absolute atomic E-state index is 12.0. The third-order valence-corrected chi connectivity index (χ3v) is 6.24. The number of hydrogen-bond acceptors (Lipinski definition) is 4. The van der Waals surface area contributed by atoms with Crippen molar-refractivity contribution in [2.75, 3.05) is 0 Å². The maximum atomic E-state index is 12.0. The van der Waals surface area contributed by atoms with Crippen LogP contribution in [0, 0.1) is 0 Å². The van der Waals surface area contributed by atoms with E-state index in [1.165, 1.54) is 11.3 Å². The molecule has 1 unspecified atom stereocenters. The van der Waals surface area contributed by atoms with E-state index in [0.717, 1.165) is 12.8 Å². The minimum absolute atomic E-state index is 0.116. The molecule has 0 spiro atoms. The summed E-state index contributed by atoms with van der Waals surface area (Å²) in [5.41, 5.74) is 0. The van der Waals surface area contributed by atoms with Gasteiger partial charge in [-0.25, -0.2) is 8.42 Å². The predicted molar refractivity (Wildman–Crippen MR) is 58.8 cm³/mol. The number of thiophene rings is 1. The first-order chi connectivity index (χ1) is 7.12. The van der Waals surface area contributed by atoms with Gasteiger partial charge in [0, 0.05) is 6.42 Å². The second kappa shape index (κ2) is 4.06. The van der Waals surface area contributed by atoms with Gasteiger partial charge in [-0.1, -0.05) is 12.5 Å². The molecule has 1 aromatic heterocycles. The van der Waals surface area contributed by atoms with Crippen LogP contribution >= 0.6 is 11.3 Å². The minimum atomic E-state index is -3.40. The van der Waals surface area contributed by atoms with Crippen molar-refractivity contribution in [1.29, 1.82) is 0 Å². The summed E-state index contributed by atoms with van der Waals surface area (Å²) in [6.07, 6.45) is 2.56. The minimum Gasteiger partial charge on any atom is -0.298 e. The highest BCUT2D eigenvalue weighted by molar-refractivity contribution is 7.94. The number of carbonyl (C=O) groups is 1. The first-order valence-electron chi connectivity index (χ1n) is 4.92. The molecule has 15 heavy (non-hydrogen) atoms. The fourth-order valence-electron chi connectivity index (χ4n) is 1.84. The molecular formula is C10H12O3S2. The van der Waals surface area contributed by atoms with Gasteiger partial charge in [0.15, 0.2) is 15.6 Å². The monoisotopic (exact) mass is 244 g/mol. The molecule has 1 atom stereocenters. The molecule has 0 aliphatic heterocycles. The zero-order chi connectivity index (χ0) is 10.9. The quantitative estimate of drug-likeness (QED) is 0.800. The molecule has 1 aliphatic rings. The predicted octanol–water partition coefficient (Wildman–Crippen LogP) is 2.03. The number of ketones is 1. The van der Waals surface area contributed by atoms with Crippen LogP contribution in [0.5, 0.6) is 0 Å². The lowest BCUT2D eigenvalue weighted by molar-refractivity contribution is -0.119. The fraction of sp³-hybridized carbons (Fsp3) is 0.500. The number of sulfone groups is 1. The third-order valence-electron chi connectivity index (χ3n) is 2.65. The molecule has 0 radical (unpaired) electrons. The zero-order valence-corrected chi connectivity index (χ0v) is 9.81. The van der Waals surface area contributed by atoms with E-state index in [4.69, 9.17) is 0 Å². The molecule has 0 saturated heterocycles. The Morgan fingerprint density at radius 3 is 2.73 bits per heavy atom. The van der Waals surface area contributed by atoms with E-state index >= 15 is 0 Å². The highest BCUT2D eigenvalue weighted by atomic mass is 32.2. The van der Waals surface area contributed by atoms with Crippen LogP contribution in [-0.4, -0.2) is 19.5 Å². The second-order valence-corrected chi connectivity index (χ2v) is 6.98. The molecule has 1 fully saturated rings. The summed E-state index contributed by atoms with van der Waals surface area (Å²) in [4.78, 5) is 11.6. The van der Waals surface area contributed by atoms with Crippen LogP contribution in [-0.2, 0) is 14.6 Å². The first kappa shape index (κ1) is 10.8. The number of Topliss-reactive ketones (excluding diaryl/α,β-unsaturated/α-hetero) is 1. The molecule has 1 aromatic rings. The van der Waals surface area contributed by atoms with Crippen molar-refractivity contribution < 1.29 is 13.2 Å². The van der Waals surface area contributed by atoms with Gasteiger partial charge in [-0.05, 0) is 24.3 Å². The summed E-state index contributed by atoms with van der Waals surface area (Å²) < 4.78 is 24.4. The van der Waals surface area contributed by atoms with Crippen molar-refractivity contribution in [1.82, 2.24) is 0 Å². The lowest BCUT2D eigenvalue weighted by Gasteiger charge is -2.19. The van der Waals surface area contributed by atoms with E-state index in [-0.39, 0.29) is 5.78 Å². The van der Waals surface area contributed by atoms with Crippen LogP contribution in [0.1, 0.15) is 25.7 Å². The summed E-state index contributed by atoms with van der Waals surface area (Å²) >= 11 is 1.19. The fourth-order valence-corrected chi connectivity index (χ4v) is 4.83. The molecule has 1 saturated carbocycles. The van der Waals surface area contributed by atoms with Crippen LogP contribution in [0.25, 0.3) is 0 Å². The smallest absolute Gasteiger partial charge is 0.197 e. The van der Waals surface area contributed by atoms with Gasteiger partial charge >= 0.3 is 0 Å². The molecule has 2 rings (SSSR count). The Kier molecular flexibility index (Phi) is 2.93. The summed E-state index contributed by atoms with van der Waals surface area (Å²) in [6, 6.07) is 3.27. The van der Waals surface area contributed by atoms with Gasteiger partial charge in [-0.2, -0.15) is 0 Å². The number of hydrogen-bond donors (Lipinski definition) is 0. The Labute approximate surface area is 93.0 Å². The molecular weight excluding hydrogens is 232 g/mol. The molecule has 5 heteroatoms. The van der Waals surface area contributed by atoms with Crippen molar-refractivity contribution in [3.8, 4) is 0 Å². The van der Waals surface area contributed by atoms with Crippen molar-refractivity contribution >= 4 is 27.0 Å². The molecule has 3 nitrogen and oxygen atoms in total. The molecule has 1 aliphatic carbocycles. The zero-order valence-electron chi connectivity index (χ0n) is 8.18. The molecule has 0 amide bonds. The summed E-state index contributed by atoms with van der Waals surface area (Å²) in [5.74, 6) is -0.116. The molecule has 1 heterocycles. The Bertz CT molecular complexity index is 445. The van der Waals surface area contributed by atoms with E-state index in [9.17, 15) is 13.2 Å². The lowest BCUT2D eigenvalue weighted by atomic mass is 9.99. The standard InChI is InChI=1S/C10H12O3S2/c11-8-4-1-2-5-9(8)15(12,13)10-6-3-7-14-10/h3,6-7,9H,1-2,4-5H2. The van der Waals surface area contributed by atoms with E-state index in [2.05, 4.69) is 0 Å². The van der Waals surface area contributed by atoms with Gasteiger partial charge in [-0.15, -0.1) is 11.3 Å². The molecule has 0 N–H and O–H groups in total. The highest BCUT2D eigenvalue weighted by Crippen LogP contribution is 2.28. The van der Waals surface area contributed by atoms with Gasteiger partial charge in [0.1, 0.15) is 9.46 Å². The Hall–Kier alpha value is -0.680. The van der Waals surface area contributed by atoms with Crippen molar-refractivity contribution in [3.05, 3.63) is 17.5 Å². The van der Waals surface area contributed by atoms with Gasteiger partial charge in [-0.3, -0.25) is 4.79 Å². The van der Waals surface area contributed by atoms with E-state index in [1.54, 1.807) is 17.5 Å². The van der Waals surface area contributed by atoms with E-state index in [0.29, 0.717) is 17.1 Å². The third kappa shape index (κ3) is 1.99. The summed E-state index contributed by atoms with van der Waals surface area (Å²) in [7, 11) is -3.40. The molecule has 0 bridgehead atoms. The normalized spacial score (nSPS) is 22.9. The van der Waals surface area contributed by atoms with Gasteiger partial charge in [0.2, 0.25) is 0 Å². The Morgan fingerprint density at radius 2 is 2.13 bits per heavy atom. The number of carbonyl (C=O) groups excluding carboxylic acids is 1. The van der Waals surface area contributed by atoms with Crippen molar-refractivity contribution in [2.45, 2.75) is 35.1 Å². The summed E-state index contributed by atoms with van der Waals surface area (Å²) in [5, 5.41) is 0.935. The number of rotatable bonds is 2. The molecule has 0 aromatic carbocycles. The SMILES string of the molecule is O=C1CCCCC1S(=O)(=O)c1cccs1. The van der Waals surface area contributed by atoms with Gasteiger partial charge < -0.3 is 0 Å². The van der Waals surface area contributed by atoms with E-state index < -0.39 is 15.1 Å². The Morgan fingerprint density at radius 1 is 1.33 bits per heavy atom. The lowest BCUT2D eigenvalue weighted by Crippen LogP contribution is -2.32. The topological polar surface area (TPSA) is 51.2 Å². The average Bonchev–Trinajstić information content (AvgIpc) is 2.71. The van der Waals surface area contributed by atoms with Crippen molar-refractivity contribution in [3.63, 3.8) is 0 Å².